The first-order chi connectivity index (χ1) is 13.5. The molecule has 0 aliphatic heterocycles. The third kappa shape index (κ3) is 7.28. The fraction of sp³-hybridized carbons (Fsp3) is 0.348. The lowest BCUT2D eigenvalue weighted by Gasteiger charge is -2.15. The zero-order valence-electron chi connectivity index (χ0n) is 16.6. The van der Waals surface area contributed by atoms with Gasteiger partial charge in [0.2, 0.25) is 0 Å². The summed E-state index contributed by atoms with van der Waals surface area (Å²) in [6, 6.07) is 16.2. The van der Waals surface area contributed by atoms with Crippen molar-refractivity contribution in [2.24, 2.45) is 0 Å². The molecule has 0 N–H and O–H groups in total. The van der Waals surface area contributed by atoms with Crippen molar-refractivity contribution in [2.75, 3.05) is 19.8 Å². The number of hydrogen-bond acceptors (Lipinski definition) is 4. The Morgan fingerprint density at radius 3 is 2.32 bits per heavy atom. The van der Waals surface area contributed by atoms with Crippen molar-refractivity contribution in [1.82, 2.24) is 0 Å². The summed E-state index contributed by atoms with van der Waals surface area (Å²) < 4.78 is 17.6. The second kappa shape index (κ2) is 11.9. The Hall–Kier alpha value is -1.86. The van der Waals surface area contributed by atoms with Crippen LogP contribution in [-0.2, 0) is 20.7 Å². The van der Waals surface area contributed by atoms with Crippen LogP contribution in [0.25, 0.3) is 5.57 Å². The summed E-state index contributed by atoms with van der Waals surface area (Å²) in [6.07, 6.45) is 1.98. The highest BCUT2D eigenvalue weighted by Crippen LogP contribution is 2.18. The van der Waals surface area contributed by atoms with Crippen LogP contribution in [0.1, 0.15) is 31.9 Å². The molecule has 0 saturated heterocycles. The number of allylic oxidation sites excluding steroid dienone is 1. The van der Waals surface area contributed by atoms with Crippen LogP contribution in [0.4, 0.5) is 0 Å². The van der Waals surface area contributed by atoms with Crippen LogP contribution in [0.5, 0.6) is 5.75 Å². The van der Waals surface area contributed by atoms with E-state index >= 15 is 0 Å². The van der Waals surface area contributed by atoms with Crippen molar-refractivity contribution in [1.29, 1.82) is 0 Å². The van der Waals surface area contributed by atoms with E-state index in [1.54, 1.807) is 6.92 Å². The molecule has 0 aliphatic rings. The van der Waals surface area contributed by atoms with Crippen molar-refractivity contribution in [3.05, 3.63) is 69.3 Å². The minimum Gasteiger partial charge on any atom is -0.490 e. The highest BCUT2D eigenvalue weighted by Gasteiger charge is 2.20. The third-order valence-corrected chi connectivity index (χ3v) is 4.92. The molecular formula is C23H27IO4. The highest BCUT2D eigenvalue weighted by atomic mass is 127. The molecule has 150 valence electrons. The molecule has 5 heteroatoms. The van der Waals surface area contributed by atoms with Gasteiger partial charge in [0.15, 0.2) is 6.10 Å². The molecule has 0 amide bonds. The molecule has 4 nitrogen and oxygen atoms in total. The molecule has 0 fully saturated rings. The number of rotatable bonds is 10. The molecule has 0 radical (unpaired) electrons. The number of esters is 1. The molecule has 0 aromatic heterocycles. The molecule has 0 bridgehead atoms. The fourth-order valence-corrected chi connectivity index (χ4v) is 3.04. The van der Waals surface area contributed by atoms with Crippen LogP contribution in [0.3, 0.4) is 0 Å². The lowest BCUT2D eigenvalue weighted by molar-refractivity contribution is -0.156. The zero-order valence-corrected chi connectivity index (χ0v) is 18.8. The average molecular weight is 494 g/mol. The van der Waals surface area contributed by atoms with Crippen LogP contribution >= 0.6 is 22.6 Å². The first-order valence-corrected chi connectivity index (χ1v) is 10.5. The molecule has 2 aromatic carbocycles. The normalized spacial score (nSPS) is 12.5. The van der Waals surface area contributed by atoms with E-state index in [1.807, 2.05) is 31.2 Å². The Kier molecular flexibility index (Phi) is 9.50. The SMILES string of the molecule is CCOC(=O)C(Cc1ccc(OCC=C(C)c2ccc(I)cc2)cc1)OCC. The molecular weight excluding hydrogens is 467 g/mol. The van der Waals surface area contributed by atoms with E-state index in [4.69, 9.17) is 14.2 Å². The summed E-state index contributed by atoms with van der Waals surface area (Å²) in [5, 5.41) is 0. The minimum atomic E-state index is -0.573. The molecule has 28 heavy (non-hydrogen) atoms. The summed E-state index contributed by atoms with van der Waals surface area (Å²) >= 11 is 2.30. The Morgan fingerprint density at radius 1 is 1.04 bits per heavy atom. The third-order valence-electron chi connectivity index (χ3n) is 4.20. The van der Waals surface area contributed by atoms with Gasteiger partial charge in [-0.05, 0) is 90.4 Å². The molecule has 0 saturated carbocycles. The van der Waals surface area contributed by atoms with E-state index in [0.717, 1.165) is 11.3 Å². The maximum atomic E-state index is 12.0. The molecule has 0 heterocycles. The topological polar surface area (TPSA) is 44.8 Å². The summed E-state index contributed by atoms with van der Waals surface area (Å²) in [7, 11) is 0. The van der Waals surface area contributed by atoms with Crippen molar-refractivity contribution < 1.29 is 19.0 Å². The van der Waals surface area contributed by atoms with E-state index in [1.165, 1.54) is 14.7 Å². The molecule has 1 unspecified atom stereocenters. The van der Waals surface area contributed by atoms with Gasteiger partial charge in [0.05, 0.1) is 6.61 Å². The standard InChI is InChI=1S/C23H27IO4/c1-4-26-22(23(25)27-5-2)16-18-6-12-21(13-7-18)28-15-14-17(3)19-8-10-20(24)11-9-19/h6-14,22H,4-5,15-16H2,1-3H3. The summed E-state index contributed by atoms with van der Waals surface area (Å²) in [5.41, 5.74) is 3.38. The highest BCUT2D eigenvalue weighted by molar-refractivity contribution is 14.1. The number of hydrogen-bond donors (Lipinski definition) is 0. The maximum Gasteiger partial charge on any atom is 0.335 e. The van der Waals surface area contributed by atoms with Crippen LogP contribution in [-0.4, -0.2) is 31.9 Å². The zero-order chi connectivity index (χ0) is 20.4. The largest absolute Gasteiger partial charge is 0.490 e. The molecule has 0 spiro atoms. The van der Waals surface area contributed by atoms with E-state index in [-0.39, 0.29) is 5.97 Å². The predicted molar refractivity (Wildman–Crippen MR) is 120 cm³/mol. The van der Waals surface area contributed by atoms with Crippen LogP contribution in [0, 0.1) is 3.57 Å². The Balaban J connectivity index is 1.90. The quantitative estimate of drug-likeness (QED) is 0.333. The van der Waals surface area contributed by atoms with Gasteiger partial charge in [-0.15, -0.1) is 0 Å². The lowest BCUT2D eigenvalue weighted by Crippen LogP contribution is -2.28. The Bertz CT molecular complexity index is 766. The number of carbonyl (C=O) groups is 1. The van der Waals surface area contributed by atoms with Crippen LogP contribution in [0.15, 0.2) is 54.6 Å². The van der Waals surface area contributed by atoms with Crippen LogP contribution < -0.4 is 4.74 Å². The molecule has 2 rings (SSSR count). The number of ether oxygens (including phenoxy) is 3. The van der Waals surface area contributed by atoms with E-state index in [9.17, 15) is 4.79 Å². The van der Waals surface area contributed by atoms with Crippen molar-refractivity contribution >= 4 is 34.1 Å². The summed E-state index contributed by atoms with van der Waals surface area (Å²) in [5.74, 6) is 0.473. The minimum absolute atomic E-state index is 0.319. The van der Waals surface area contributed by atoms with Gasteiger partial charge in [0, 0.05) is 16.6 Å². The molecule has 2 aromatic rings. The monoisotopic (exact) mass is 494 g/mol. The molecule has 1 atom stereocenters. The second-order valence-corrected chi connectivity index (χ2v) is 7.49. The van der Waals surface area contributed by atoms with Gasteiger partial charge in [0.1, 0.15) is 12.4 Å². The van der Waals surface area contributed by atoms with Gasteiger partial charge in [-0.25, -0.2) is 4.79 Å². The predicted octanol–water partition coefficient (Wildman–Crippen LogP) is 5.28. The number of carbonyl (C=O) groups excluding carboxylic acids is 1. The molecule has 0 aliphatic carbocycles. The summed E-state index contributed by atoms with van der Waals surface area (Å²) in [6.45, 7) is 7.07. The van der Waals surface area contributed by atoms with Gasteiger partial charge in [-0.2, -0.15) is 0 Å². The van der Waals surface area contributed by atoms with Gasteiger partial charge in [-0.3, -0.25) is 0 Å². The Labute approximate surface area is 181 Å². The lowest BCUT2D eigenvalue weighted by atomic mass is 10.1. The average Bonchev–Trinajstić information content (AvgIpc) is 2.69. The van der Waals surface area contributed by atoms with Gasteiger partial charge >= 0.3 is 5.97 Å². The maximum absolute atomic E-state index is 12.0. The van der Waals surface area contributed by atoms with Gasteiger partial charge in [0.25, 0.3) is 0 Å². The van der Waals surface area contributed by atoms with Crippen molar-refractivity contribution in [3.8, 4) is 5.75 Å². The van der Waals surface area contributed by atoms with Crippen molar-refractivity contribution in [3.63, 3.8) is 0 Å². The number of benzene rings is 2. The van der Waals surface area contributed by atoms with Gasteiger partial charge < -0.3 is 14.2 Å². The van der Waals surface area contributed by atoms with Crippen LogP contribution in [0.2, 0.25) is 0 Å². The van der Waals surface area contributed by atoms with E-state index in [0.29, 0.717) is 26.2 Å². The smallest absolute Gasteiger partial charge is 0.335 e. The second-order valence-electron chi connectivity index (χ2n) is 6.25. The van der Waals surface area contributed by atoms with Gasteiger partial charge in [-0.1, -0.05) is 24.3 Å². The summed E-state index contributed by atoms with van der Waals surface area (Å²) in [4.78, 5) is 12.0. The Morgan fingerprint density at radius 2 is 1.71 bits per heavy atom. The first-order valence-electron chi connectivity index (χ1n) is 9.46. The first kappa shape index (κ1) is 22.4. The van der Waals surface area contributed by atoms with Crippen molar-refractivity contribution in [2.45, 2.75) is 33.3 Å². The van der Waals surface area contributed by atoms with E-state index in [2.05, 4.69) is 59.9 Å². The fourth-order valence-electron chi connectivity index (χ4n) is 2.68. The number of halogens is 1. The van der Waals surface area contributed by atoms with E-state index < -0.39 is 6.10 Å².